The maximum absolute atomic E-state index is 13.0. The third-order valence-corrected chi connectivity index (χ3v) is 5.89. The van der Waals surface area contributed by atoms with Crippen LogP contribution in [0, 0.1) is 12.7 Å². The molecule has 2 N–H and O–H groups in total. The Kier molecular flexibility index (Phi) is 7.45. The highest BCUT2D eigenvalue weighted by Gasteiger charge is 2.29. The molecule has 0 aromatic heterocycles. The van der Waals surface area contributed by atoms with E-state index in [-0.39, 0.29) is 28.4 Å². The smallest absolute Gasteiger partial charge is 0.422 e. The number of sulfonamides is 1. The summed E-state index contributed by atoms with van der Waals surface area (Å²) in [6, 6.07) is 14.8. The van der Waals surface area contributed by atoms with E-state index < -0.39 is 34.5 Å². The summed E-state index contributed by atoms with van der Waals surface area (Å²) in [7, 11) is -3.92. The van der Waals surface area contributed by atoms with Crippen LogP contribution in [0.25, 0.3) is 0 Å². The molecule has 0 aliphatic heterocycles. The first-order valence-corrected chi connectivity index (χ1v) is 11.4. The number of anilines is 2. The summed E-state index contributed by atoms with van der Waals surface area (Å²) >= 11 is 0. The monoisotopic (exact) mass is 496 g/mol. The molecule has 1 amide bonds. The summed E-state index contributed by atoms with van der Waals surface area (Å²) in [6.07, 6.45) is -4.64. The average Bonchev–Trinajstić information content (AvgIpc) is 2.75. The Balaban J connectivity index is 1.64. The summed E-state index contributed by atoms with van der Waals surface area (Å²) in [4.78, 5) is 12.3. The number of alkyl halides is 3. The summed E-state index contributed by atoms with van der Waals surface area (Å²) < 4.78 is 82.4. The number of rotatable bonds is 8. The maximum atomic E-state index is 13.0. The fourth-order valence-corrected chi connectivity index (χ4v) is 3.97. The van der Waals surface area contributed by atoms with Crippen LogP contribution >= 0.6 is 0 Å². The van der Waals surface area contributed by atoms with Crippen LogP contribution in [0.4, 0.5) is 28.9 Å². The summed E-state index contributed by atoms with van der Waals surface area (Å²) in [5.41, 5.74) is 1.53. The van der Waals surface area contributed by atoms with Crippen LogP contribution in [0.3, 0.4) is 0 Å². The third-order valence-electron chi connectivity index (χ3n) is 4.50. The lowest BCUT2D eigenvalue weighted by molar-refractivity contribution is -0.153. The SMILES string of the molecule is Cc1ccc(NC(=O)Cc2ccc(NS(=O)(=O)c3ccc(F)cc3)cc2)c(OCC(F)(F)F)c1. The number of aryl methyl sites for hydroxylation is 1. The number of nitrogens with one attached hydrogen (secondary N) is 2. The quantitative estimate of drug-likeness (QED) is 0.427. The topological polar surface area (TPSA) is 84.5 Å². The van der Waals surface area contributed by atoms with Crippen molar-refractivity contribution in [2.45, 2.75) is 24.4 Å². The lowest BCUT2D eigenvalue weighted by Gasteiger charge is -2.15. The minimum absolute atomic E-state index is 0.100. The Morgan fingerprint density at radius 3 is 2.24 bits per heavy atom. The molecule has 6 nitrogen and oxygen atoms in total. The van der Waals surface area contributed by atoms with E-state index in [9.17, 15) is 30.8 Å². The molecule has 0 aliphatic rings. The van der Waals surface area contributed by atoms with Gasteiger partial charge < -0.3 is 10.1 Å². The number of hydrogen-bond acceptors (Lipinski definition) is 4. The zero-order valence-corrected chi connectivity index (χ0v) is 18.6. The van der Waals surface area contributed by atoms with E-state index in [1.807, 2.05) is 0 Å². The van der Waals surface area contributed by atoms with E-state index >= 15 is 0 Å². The van der Waals surface area contributed by atoms with Gasteiger partial charge in [-0.3, -0.25) is 9.52 Å². The van der Waals surface area contributed by atoms with Crippen molar-refractivity contribution in [2.24, 2.45) is 0 Å². The van der Waals surface area contributed by atoms with Crippen LogP contribution in [0.1, 0.15) is 11.1 Å². The fraction of sp³-hybridized carbons (Fsp3) is 0.174. The van der Waals surface area contributed by atoms with Gasteiger partial charge in [-0.25, -0.2) is 12.8 Å². The number of hydrogen-bond donors (Lipinski definition) is 2. The molecule has 34 heavy (non-hydrogen) atoms. The van der Waals surface area contributed by atoms with Gasteiger partial charge in [0, 0.05) is 5.69 Å². The molecule has 3 aromatic carbocycles. The molecule has 0 aliphatic carbocycles. The van der Waals surface area contributed by atoms with Gasteiger partial charge in [0.05, 0.1) is 17.0 Å². The number of carbonyl (C=O) groups is 1. The first kappa shape index (κ1) is 25.0. The highest BCUT2D eigenvalue weighted by Crippen LogP contribution is 2.28. The molecule has 11 heteroatoms. The molecule has 3 rings (SSSR count). The molecule has 0 fully saturated rings. The van der Waals surface area contributed by atoms with Gasteiger partial charge in [-0.15, -0.1) is 0 Å². The van der Waals surface area contributed by atoms with Gasteiger partial charge in [0.2, 0.25) is 5.91 Å². The Bertz CT molecular complexity index is 1260. The second-order valence-corrected chi connectivity index (χ2v) is 9.07. The predicted molar refractivity (Wildman–Crippen MR) is 119 cm³/mol. The number of halogens is 4. The van der Waals surface area contributed by atoms with Gasteiger partial charge >= 0.3 is 6.18 Å². The molecule has 0 spiro atoms. The Morgan fingerprint density at radius 2 is 1.62 bits per heavy atom. The van der Waals surface area contributed by atoms with Crippen molar-refractivity contribution in [3.63, 3.8) is 0 Å². The van der Waals surface area contributed by atoms with Crippen LogP contribution in [-0.4, -0.2) is 27.1 Å². The Morgan fingerprint density at radius 1 is 0.971 bits per heavy atom. The highest BCUT2D eigenvalue weighted by molar-refractivity contribution is 7.92. The number of benzene rings is 3. The number of carbonyl (C=O) groups excluding carboxylic acids is 1. The number of ether oxygens (including phenoxy) is 1. The molecular formula is C23H20F4N2O4S. The molecule has 0 heterocycles. The molecule has 0 saturated heterocycles. The van der Waals surface area contributed by atoms with Crippen LogP contribution in [0.2, 0.25) is 0 Å². The molecule has 0 atom stereocenters. The standard InChI is InChI=1S/C23H20F4N2O4S/c1-15-2-11-20(21(12-15)33-14-23(25,26)27)28-22(30)13-16-3-7-18(8-4-16)29-34(31,32)19-9-5-17(24)6-10-19/h2-12,29H,13-14H2,1H3,(H,28,30). The lowest BCUT2D eigenvalue weighted by atomic mass is 10.1. The molecule has 0 saturated carbocycles. The van der Waals surface area contributed by atoms with E-state index in [1.165, 1.54) is 36.4 Å². The summed E-state index contributed by atoms with van der Waals surface area (Å²) in [6.45, 7) is 0.187. The summed E-state index contributed by atoms with van der Waals surface area (Å²) in [5.74, 6) is -1.16. The molecule has 3 aromatic rings. The van der Waals surface area contributed by atoms with Crippen molar-refractivity contribution >= 4 is 27.3 Å². The zero-order chi connectivity index (χ0) is 24.9. The van der Waals surface area contributed by atoms with Gasteiger partial charge in [-0.2, -0.15) is 13.2 Å². The molecule has 0 radical (unpaired) electrons. The zero-order valence-electron chi connectivity index (χ0n) is 17.8. The molecule has 0 unspecified atom stereocenters. The van der Waals surface area contributed by atoms with Crippen LogP contribution < -0.4 is 14.8 Å². The summed E-state index contributed by atoms with van der Waals surface area (Å²) in [5, 5.41) is 2.53. The van der Waals surface area contributed by atoms with Crippen molar-refractivity contribution in [3.05, 3.63) is 83.7 Å². The Hall–Kier alpha value is -3.60. The third kappa shape index (κ3) is 7.20. The fourth-order valence-electron chi connectivity index (χ4n) is 2.91. The van der Waals surface area contributed by atoms with Crippen LogP contribution in [0.5, 0.6) is 5.75 Å². The van der Waals surface area contributed by atoms with Crippen molar-refractivity contribution in [1.29, 1.82) is 0 Å². The average molecular weight is 496 g/mol. The highest BCUT2D eigenvalue weighted by atomic mass is 32.2. The van der Waals surface area contributed by atoms with Gasteiger partial charge in [-0.05, 0) is 66.6 Å². The second kappa shape index (κ2) is 10.1. The normalized spacial score (nSPS) is 11.7. The van der Waals surface area contributed by atoms with E-state index in [4.69, 9.17) is 4.74 Å². The molecular weight excluding hydrogens is 476 g/mol. The second-order valence-electron chi connectivity index (χ2n) is 7.38. The van der Waals surface area contributed by atoms with Crippen molar-refractivity contribution in [1.82, 2.24) is 0 Å². The van der Waals surface area contributed by atoms with Crippen molar-refractivity contribution in [2.75, 3.05) is 16.6 Å². The molecule has 0 bridgehead atoms. The largest absolute Gasteiger partial charge is 0.482 e. The van der Waals surface area contributed by atoms with E-state index in [0.717, 1.165) is 24.3 Å². The van der Waals surface area contributed by atoms with Crippen LogP contribution in [0.15, 0.2) is 71.6 Å². The van der Waals surface area contributed by atoms with E-state index in [1.54, 1.807) is 13.0 Å². The van der Waals surface area contributed by atoms with Crippen molar-refractivity contribution in [3.8, 4) is 5.75 Å². The maximum Gasteiger partial charge on any atom is 0.422 e. The van der Waals surface area contributed by atoms with E-state index in [0.29, 0.717) is 11.1 Å². The van der Waals surface area contributed by atoms with Gasteiger partial charge in [0.1, 0.15) is 11.6 Å². The minimum atomic E-state index is -4.52. The lowest BCUT2D eigenvalue weighted by Crippen LogP contribution is -2.21. The van der Waals surface area contributed by atoms with Crippen LogP contribution in [-0.2, 0) is 21.2 Å². The predicted octanol–water partition coefficient (Wildman–Crippen LogP) is 5.06. The molecule has 180 valence electrons. The Labute approximate surface area is 193 Å². The first-order valence-electron chi connectivity index (χ1n) is 9.89. The van der Waals surface area contributed by atoms with Gasteiger partial charge in [0.25, 0.3) is 10.0 Å². The van der Waals surface area contributed by atoms with Gasteiger partial charge in [-0.1, -0.05) is 18.2 Å². The van der Waals surface area contributed by atoms with Gasteiger partial charge in [0.15, 0.2) is 6.61 Å². The van der Waals surface area contributed by atoms with Crippen molar-refractivity contribution < 1.29 is 35.5 Å². The number of amides is 1. The van der Waals surface area contributed by atoms with E-state index in [2.05, 4.69) is 10.0 Å². The minimum Gasteiger partial charge on any atom is -0.482 e. The first-order chi connectivity index (χ1) is 15.9.